The molecule has 1 saturated heterocycles. The average Bonchev–Trinajstić information content (AvgIpc) is 2.52. The molecule has 0 aromatic heterocycles. The molecule has 0 spiro atoms. The molecule has 1 N–H and O–H groups in total. The van der Waals surface area contributed by atoms with E-state index >= 15 is 0 Å². The third-order valence-corrected chi connectivity index (χ3v) is 3.21. The lowest BCUT2D eigenvalue weighted by Crippen LogP contribution is -2.14. The summed E-state index contributed by atoms with van der Waals surface area (Å²) >= 11 is 0. The summed E-state index contributed by atoms with van der Waals surface area (Å²) in [5.74, 6) is -0.145. The molecule has 17 heavy (non-hydrogen) atoms. The second kappa shape index (κ2) is 6.92. The summed E-state index contributed by atoms with van der Waals surface area (Å²) in [6.07, 6.45) is 3.94. The number of hydrogen-bond acceptors (Lipinski definition) is 1. The lowest BCUT2D eigenvalue weighted by molar-refractivity contribution is 0.456. The molecule has 0 aliphatic carbocycles. The summed E-state index contributed by atoms with van der Waals surface area (Å²) in [6.45, 7) is 2.03. The minimum absolute atomic E-state index is 0. The Morgan fingerprint density at radius 1 is 1.18 bits per heavy atom. The molecule has 0 amide bonds. The molecule has 0 bridgehead atoms. The Morgan fingerprint density at radius 3 is 2.82 bits per heavy atom. The second-order valence-corrected chi connectivity index (χ2v) is 4.49. The molecule has 1 nitrogen and oxygen atoms in total. The number of hydrogen-bond donors (Lipinski definition) is 1. The maximum Gasteiger partial charge on any atom is 0.126 e. The van der Waals surface area contributed by atoms with Gasteiger partial charge in [0.15, 0.2) is 0 Å². The maximum absolute atomic E-state index is 13.4. The van der Waals surface area contributed by atoms with E-state index in [4.69, 9.17) is 0 Å². The van der Waals surface area contributed by atoms with Gasteiger partial charge in [-0.1, -0.05) is 0 Å². The van der Waals surface area contributed by atoms with Crippen LogP contribution in [0.2, 0.25) is 0 Å². The zero-order chi connectivity index (χ0) is 11.4. The monoisotopic (exact) mass is 261 g/mol. The Balaban J connectivity index is 0.00000144. The Kier molecular flexibility index (Phi) is 5.86. The summed E-state index contributed by atoms with van der Waals surface area (Å²) in [5.41, 5.74) is 0.520. The summed E-state index contributed by atoms with van der Waals surface area (Å²) in [4.78, 5) is 0. The van der Waals surface area contributed by atoms with Gasteiger partial charge >= 0.3 is 0 Å². The molecule has 1 atom stereocenters. The van der Waals surface area contributed by atoms with Crippen molar-refractivity contribution in [1.29, 1.82) is 0 Å². The van der Waals surface area contributed by atoms with Crippen LogP contribution in [0.3, 0.4) is 0 Å². The lowest BCUT2D eigenvalue weighted by atomic mass is 9.92. The van der Waals surface area contributed by atoms with Crippen molar-refractivity contribution in [2.45, 2.75) is 25.7 Å². The van der Waals surface area contributed by atoms with Gasteiger partial charge in [0.05, 0.1) is 0 Å². The van der Waals surface area contributed by atoms with Gasteiger partial charge in [-0.25, -0.2) is 8.78 Å². The highest BCUT2D eigenvalue weighted by Crippen LogP contribution is 2.21. The number of benzene rings is 1. The van der Waals surface area contributed by atoms with Gasteiger partial charge in [0, 0.05) is 0 Å². The van der Waals surface area contributed by atoms with Crippen molar-refractivity contribution < 1.29 is 8.78 Å². The largest absolute Gasteiger partial charge is 0.317 e. The van der Waals surface area contributed by atoms with Gasteiger partial charge < -0.3 is 5.32 Å². The smallest absolute Gasteiger partial charge is 0.126 e. The molecular formula is C13H18ClF2N. The van der Waals surface area contributed by atoms with Crippen LogP contribution in [-0.2, 0) is 6.42 Å². The second-order valence-electron chi connectivity index (χ2n) is 4.49. The Morgan fingerprint density at radius 2 is 2.00 bits per heavy atom. The van der Waals surface area contributed by atoms with E-state index in [2.05, 4.69) is 5.32 Å². The molecule has 1 unspecified atom stereocenters. The third kappa shape index (κ3) is 4.25. The van der Waals surface area contributed by atoms with Crippen LogP contribution in [0.4, 0.5) is 8.78 Å². The predicted octanol–water partition coefficient (Wildman–Crippen LogP) is 3.32. The highest BCUT2D eigenvalue weighted by molar-refractivity contribution is 5.85. The van der Waals surface area contributed by atoms with Gasteiger partial charge in [0.25, 0.3) is 0 Å². The van der Waals surface area contributed by atoms with E-state index in [1.807, 2.05) is 0 Å². The zero-order valence-electron chi connectivity index (χ0n) is 9.72. The molecular weight excluding hydrogens is 244 g/mol. The zero-order valence-corrected chi connectivity index (χ0v) is 10.5. The molecule has 1 aromatic rings. The van der Waals surface area contributed by atoms with Gasteiger partial charge in [-0.2, -0.15) is 0 Å². The molecule has 0 radical (unpaired) electrons. The van der Waals surface area contributed by atoms with E-state index < -0.39 is 0 Å². The van der Waals surface area contributed by atoms with Crippen molar-refractivity contribution in [3.05, 3.63) is 35.4 Å². The van der Waals surface area contributed by atoms with Crippen LogP contribution in [0.1, 0.15) is 24.8 Å². The molecule has 1 aromatic carbocycles. The first kappa shape index (κ1) is 14.4. The van der Waals surface area contributed by atoms with E-state index in [-0.39, 0.29) is 24.0 Å². The topological polar surface area (TPSA) is 12.0 Å². The fourth-order valence-corrected chi connectivity index (χ4v) is 2.31. The van der Waals surface area contributed by atoms with E-state index in [1.165, 1.54) is 18.2 Å². The molecule has 1 heterocycles. The third-order valence-electron chi connectivity index (χ3n) is 3.21. The first-order valence-corrected chi connectivity index (χ1v) is 5.90. The first-order chi connectivity index (χ1) is 7.75. The van der Waals surface area contributed by atoms with E-state index in [9.17, 15) is 8.78 Å². The highest BCUT2D eigenvalue weighted by atomic mass is 35.5. The molecule has 2 rings (SSSR count). The molecule has 96 valence electrons. The Labute approximate surface area is 107 Å². The van der Waals surface area contributed by atoms with E-state index in [1.54, 1.807) is 0 Å². The normalized spacial score (nSPS) is 20.5. The van der Waals surface area contributed by atoms with Gasteiger partial charge in [0.2, 0.25) is 0 Å². The van der Waals surface area contributed by atoms with Crippen LogP contribution < -0.4 is 5.32 Å². The minimum atomic E-state index is -0.344. The quantitative estimate of drug-likeness (QED) is 0.861. The van der Waals surface area contributed by atoms with Gasteiger partial charge in [0.1, 0.15) is 11.6 Å². The van der Waals surface area contributed by atoms with Crippen molar-refractivity contribution in [3.8, 4) is 0 Å². The first-order valence-electron chi connectivity index (χ1n) is 5.90. The van der Waals surface area contributed by atoms with Gasteiger partial charge in [-0.3, -0.25) is 0 Å². The molecule has 1 aliphatic rings. The van der Waals surface area contributed by atoms with Gasteiger partial charge in [-0.05, 0) is 68.5 Å². The summed E-state index contributed by atoms with van der Waals surface area (Å²) in [7, 11) is 0. The summed E-state index contributed by atoms with van der Waals surface area (Å²) in [6, 6.07) is 3.72. The number of rotatable bonds is 2. The van der Waals surface area contributed by atoms with Crippen molar-refractivity contribution in [2.24, 2.45) is 5.92 Å². The van der Waals surface area contributed by atoms with Crippen LogP contribution in [0.15, 0.2) is 18.2 Å². The van der Waals surface area contributed by atoms with E-state index in [0.717, 1.165) is 32.4 Å². The molecule has 0 saturated carbocycles. The highest BCUT2D eigenvalue weighted by Gasteiger charge is 2.14. The summed E-state index contributed by atoms with van der Waals surface area (Å²) < 4.78 is 26.4. The maximum atomic E-state index is 13.4. The molecule has 1 aliphatic heterocycles. The number of halogens is 3. The van der Waals surface area contributed by atoms with Crippen LogP contribution in [0, 0.1) is 17.6 Å². The van der Waals surface area contributed by atoms with E-state index in [0.29, 0.717) is 17.9 Å². The predicted molar refractivity (Wildman–Crippen MR) is 67.5 cm³/mol. The molecule has 1 fully saturated rings. The van der Waals surface area contributed by atoms with Crippen molar-refractivity contribution in [2.75, 3.05) is 13.1 Å². The van der Waals surface area contributed by atoms with Crippen LogP contribution >= 0.6 is 12.4 Å². The van der Waals surface area contributed by atoms with Crippen LogP contribution in [-0.4, -0.2) is 13.1 Å². The Bertz CT molecular complexity index is 349. The fraction of sp³-hybridized carbons (Fsp3) is 0.538. The van der Waals surface area contributed by atoms with Gasteiger partial charge in [-0.15, -0.1) is 12.4 Å². The summed E-state index contributed by atoms with van der Waals surface area (Å²) in [5, 5.41) is 3.32. The fourth-order valence-electron chi connectivity index (χ4n) is 2.31. The standard InChI is InChI=1S/C13H17F2N.ClH/c14-12-3-4-13(15)11(9-12)8-10-2-1-6-16-7-5-10;/h3-4,9-10,16H,1-2,5-8H2;1H. The average molecular weight is 262 g/mol. The van der Waals surface area contributed by atoms with Crippen molar-refractivity contribution in [3.63, 3.8) is 0 Å². The lowest BCUT2D eigenvalue weighted by Gasteiger charge is -2.14. The molecule has 4 heteroatoms. The van der Waals surface area contributed by atoms with Crippen molar-refractivity contribution in [1.82, 2.24) is 5.32 Å². The SMILES string of the molecule is Cl.Fc1ccc(F)c(CC2CCCNCC2)c1. The van der Waals surface area contributed by atoms with Crippen LogP contribution in [0.25, 0.3) is 0 Å². The van der Waals surface area contributed by atoms with Crippen LogP contribution in [0.5, 0.6) is 0 Å². The number of nitrogens with one attached hydrogen (secondary N) is 1. The Hall–Kier alpha value is -0.670. The minimum Gasteiger partial charge on any atom is -0.317 e. The van der Waals surface area contributed by atoms with Crippen molar-refractivity contribution >= 4 is 12.4 Å².